The van der Waals surface area contributed by atoms with E-state index in [1.807, 2.05) is 43.5 Å². The van der Waals surface area contributed by atoms with Crippen LogP contribution in [0.4, 0.5) is 5.69 Å². The SMILES string of the molecule is CCC1=Cc2ncc(CN3CC=C(c4ccc(C(=O)NSC)[nH]4)CC3)cc2NC1=C=O. The van der Waals surface area contributed by atoms with Crippen molar-refractivity contribution in [2.45, 2.75) is 26.3 Å². The highest BCUT2D eigenvalue weighted by Crippen LogP contribution is 2.29. The van der Waals surface area contributed by atoms with E-state index in [-0.39, 0.29) is 5.91 Å². The van der Waals surface area contributed by atoms with Crippen LogP contribution in [0.2, 0.25) is 0 Å². The molecule has 0 spiro atoms. The first-order chi connectivity index (χ1) is 15.1. The Balaban J connectivity index is 1.42. The molecule has 0 aromatic carbocycles. The molecular weight excluding hydrogens is 410 g/mol. The topological polar surface area (TPSA) is 90.1 Å². The van der Waals surface area contributed by atoms with Crippen LogP contribution in [-0.2, 0) is 11.3 Å². The smallest absolute Gasteiger partial charge is 0.277 e. The molecule has 7 nitrogen and oxygen atoms in total. The van der Waals surface area contributed by atoms with Crippen molar-refractivity contribution in [1.29, 1.82) is 0 Å². The number of fused-ring (bicyclic) bond motifs is 1. The van der Waals surface area contributed by atoms with E-state index in [0.717, 1.165) is 60.7 Å². The molecule has 0 unspecified atom stereocenters. The summed E-state index contributed by atoms with van der Waals surface area (Å²) in [6, 6.07) is 5.84. The van der Waals surface area contributed by atoms with Crippen LogP contribution in [0.3, 0.4) is 0 Å². The summed E-state index contributed by atoms with van der Waals surface area (Å²) in [5, 5.41) is 3.17. The van der Waals surface area contributed by atoms with Crippen LogP contribution in [0.1, 0.15) is 47.2 Å². The number of allylic oxidation sites excluding steroid dienone is 1. The summed E-state index contributed by atoms with van der Waals surface area (Å²) >= 11 is 1.29. The van der Waals surface area contributed by atoms with E-state index in [1.54, 1.807) is 0 Å². The molecule has 0 bridgehead atoms. The predicted octanol–water partition coefficient (Wildman–Crippen LogP) is 3.64. The lowest BCUT2D eigenvalue weighted by atomic mass is 10.0. The first-order valence-electron chi connectivity index (χ1n) is 10.3. The second-order valence-electron chi connectivity index (χ2n) is 7.54. The van der Waals surface area contributed by atoms with E-state index < -0.39 is 0 Å². The number of aromatic amines is 1. The highest BCUT2D eigenvalue weighted by atomic mass is 32.2. The molecule has 3 N–H and O–H groups in total. The van der Waals surface area contributed by atoms with Gasteiger partial charge in [-0.1, -0.05) is 24.9 Å². The number of pyridine rings is 1. The lowest BCUT2D eigenvalue weighted by molar-refractivity contribution is 0.0980. The number of nitrogens with one attached hydrogen (secondary N) is 3. The van der Waals surface area contributed by atoms with Crippen molar-refractivity contribution in [2.24, 2.45) is 0 Å². The third kappa shape index (κ3) is 4.66. The van der Waals surface area contributed by atoms with Crippen molar-refractivity contribution in [1.82, 2.24) is 19.6 Å². The van der Waals surface area contributed by atoms with Crippen molar-refractivity contribution < 1.29 is 9.59 Å². The third-order valence-electron chi connectivity index (χ3n) is 5.52. The van der Waals surface area contributed by atoms with Crippen molar-refractivity contribution >= 4 is 41.1 Å². The summed E-state index contributed by atoms with van der Waals surface area (Å²) in [6.45, 7) is 4.53. The van der Waals surface area contributed by atoms with Crippen LogP contribution in [-0.4, -0.2) is 46.1 Å². The number of carbonyl (C=O) groups excluding carboxylic acids is 2. The fourth-order valence-corrected chi connectivity index (χ4v) is 4.16. The number of hydrogen-bond acceptors (Lipinski definition) is 6. The largest absolute Gasteiger partial charge is 0.351 e. The second-order valence-corrected chi connectivity index (χ2v) is 8.15. The Morgan fingerprint density at radius 2 is 2.26 bits per heavy atom. The predicted molar refractivity (Wildman–Crippen MR) is 125 cm³/mol. The van der Waals surface area contributed by atoms with Crippen molar-refractivity contribution in [3.63, 3.8) is 0 Å². The number of hydrogen-bond donors (Lipinski definition) is 3. The average molecular weight is 436 g/mol. The van der Waals surface area contributed by atoms with Gasteiger partial charge < -0.3 is 10.3 Å². The first kappa shape index (κ1) is 21.2. The summed E-state index contributed by atoms with van der Waals surface area (Å²) in [7, 11) is 0. The van der Waals surface area contributed by atoms with Crippen molar-refractivity contribution in [2.75, 3.05) is 24.7 Å². The molecule has 160 valence electrons. The Kier molecular flexibility index (Phi) is 6.42. The van der Waals surface area contributed by atoms with Crippen LogP contribution in [0.25, 0.3) is 11.6 Å². The highest BCUT2D eigenvalue weighted by molar-refractivity contribution is 7.97. The molecule has 0 aliphatic carbocycles. The number of anilines is 1. The van der Waals surface area contributed by atoms with E-state index in [4.69, 9.17) is 0 Å². The van der Waals surface area contributed by atoms with Gasteiger partial charge in [0.25, 0.3) is 5.91 Å². The molecule has 31 heavy (non-hydrogen) atoms. The molecule has 4 heterocycles. The fourth-order valence-electron chi connectivity index (χ4n) is 3.86. The zero-order chi connectivity index (χ0) is 21.8. The van der Waals surface area contributed by atoms with Crippen LogP contribution >= 0.6 is 11.9 Å². The van der Waals surface area contributed by atoms with Crippen LogP contribution in [0.15, 0.2) is 41.7 Å². The van der Waals surface area contributed by atoms with Gasteiger partial charge in [0, 0.05) is 37.8 Å². The lowest BCUT2D eigenvalue weighted by Crippen LogP contribution is -2.28. The van der Waals surface area contributed by atoms with Gasteiger partial charge in [0.05, 0.1) is 11.4 Å². The maximum absolute atomic E-state index is 11.9. The molecule has 0 atom stereocenters. The summed E-state index contributed by atoms with van der Waals surface area (Å²) in [5.41, 5.74) is 7.02. The number of rotatable bonds is 6. The van der Waals surface area contributed by atoms with Crippen LogP contribution in [0, 0.1) is 0 Å². The Bertz CT molecular complexity index is 1110. The van der Waals surface area contributed by atoms with E-state index >= 15 is 0 Å². The molecule has 8 heteroatoms. The molecule has 2 aromatic heterocycles. The number of aromatic nitrogens is 2. The van der Waals surface area contributed by atoms with Gasteiger partial charge in [-0.15, -0.1) is 0 Å². The van der Waals surface area contributed by atoms with Gasteiger partial charge in [0.2, 0.25) is 0 Å². The van der Waals surface area contributed by atoms with Gasteiger partial charge in [-0.3, -0.25) is 19.4 Å². The van der Waals surface area contributed by atoms with Gasteiger partial charge >= 0.3 is 0 Å². The fraction of sp³-hybridized carbons (Fsp3) is 0.304. The van der Waals surface area contributed by atoms with E-state index in [9.17, 15) is 9.59 Å². The quantitative estimate of drug-likeness (QED) is 0.474. The lowest BCUT2D eigenvalue weighted by Gasteiger charge is -2.26. The van der Waals surface area contributed by atoms with Crippen LogP contribution < -0.4 is 10.0 Å². The molecule has 0 saturated heterocycles. The second kappa shape index (κ2) is 9.39. The number of nitrogens with zero attached hydrogens (tertiary/aromatic N) is 2. The van der Waals surface area contributed by atoms with E-state index in [1.165, 1.54) is 17.5 Å². The average Bonchev–Trinajstić information content (AvgIpc) is 3.29. The monoisotopic (exact) mass is 435 g/mol. The zero-order valence-electron chi connectivity index (χ0n) is 17.6. The molecule has 1 amide bonds. The zero-order valence-corrected chi connectivity index (χ0v) is 18.4. The van der Waals surface area contributed by atoms with Crippen molar-refractivity contribution in [3.8, 4) is 0 Å². The Hall–Kier alpha value is -3.06. The van der Waals surface area contributed by atoms with Crippen LogP contribution in [0.5, 0.6) is 0 Å². The Morgan fingerprint density at radius 3 is 2.97 bits per heavy atom. The first-order valence-corrected chi connectivity index (χ1v) is 11.5. The molecule has 2 aliphatic rings. The summed E-state index contributed by atoms with van der Waals surface area (Å²) < 4.78 is 2.73. The highest BCUT2D eigenvalue weighted by Gasteiger charge is 2.19. The third-order valence-corrected chi connectivity index (χ3v) is 5.91. The normalized spacial score (nSPS) is 16.0. The minimum absolute atomic E-state index is 0.112. The van der Waals surface area contributed by atoms with Gasteiger partial charge in [-0.25, -0.2) is 4.79 Å². The van der Waals surface area contributed by atoms with E-state index in [2.05, 4.69) is 37.0 Å². The minimum atomic E-state index is -0.112. The standard InChI is InChI=1S/C23H25N5O2S/c1-3-16-11-20-21(26-22(16)14-29)10-15(12-24-20)13-28-8-6-17(7-9-28)18-4-5-19(25-18)23(30)27-31-2/h4-6,10-12,25-26H,3,7-9,13H2,1-2H3,(H,27,30). The number of H-pyrrole nitrogens is 1. The van der Waals surface area contributed by atoms with Gasteiger partial charge in [-0.2, -0.15) is 0 Å². The molecule has 0 saturated carbocycles. The maximum Gasteiger partial charge on any atom is 0.277 e. The summed E-state index contributed by atoms with van der Waals surface area (Å²) in [6.07, 6.45) is 9.55. The molecular formula is C23H25N5O2S. The number of carbonyl (C=O) groups is 1. The molecule has 0 fully saturated rings. The maximum atomic E-state index is 11.9. The molecule has 4 rings (SSSR count). The minimum Gasteiger partial charge on any atom is -0.351 e. The van der Waals surface area contributed by atoms with E-state index in [0.29, 0.717) is 11.4 Å². The van der Waals surface area contributed by atoms with Gasteiger partial charge in [0.15, 0.2) is 5.94 Å². The molecule has 2 aliphatic heterocycles. The Morgan fingerprint density at radius 1 is 1.39 bits per heavy atom. The molecule has 0 radical (unpaired) electrons. The molecule has 2 aromatic rings. The summed E-state index contributed by atoms with van der Waals surface area (Å²) in [4.78, 5) is 33.3. The van der Waals surface area contributed by atoms with Gasteiger partial charge in [0.1, 0.15) is 11.4 Å². The van der Waals surface area contributed by atoms with Crippen molar-refractivity contribution in [3.05, 3.63) is 64.4 Å². The number of amides is 1. The summed E-state index contributed by atoms with van der Waals surface area (Å²) in [5.74, 6) is 1.88. The van der Waals surface area contributed by atoms with Gasteiger partial charge in [-0.05, 0) is 53.8 Å². The Labute approximate surface area is 185 Å².